The Bertz CT molecular complexity index is 459. The van der Waals surface area contributed by atoms with Gasteiger partial charge in [-0.1, -0.05) is 0 Å². The van der Waals surface area contributed by atoms with Crippen LogP contribution in [0.1, 0.15) is 31.1 Å². The summed E-state index contributed by atoms with van der Waals surface area (Å²) < 4.78 is 16.3. The van der Waals surface area contributed by atoms with E-state index in [4.69, 9.17) is 25.1 Å². The van der Waals surface area contributed by atoms with Crippen molar-refractivity contribution in [3.63, 3.8) is 0 Å². The summed E-state index contributed by atoms with van der Waals surface area (Å²) in [6, 6.07) is 1.36. The van der Waals surface area contributed by atoms with Gasteiger partial charge in [-0.25, -0.2) is 4.79 Å². The van der Waals surface area contributed by atoms with E-state index >= 15 is 0 Å². The second kappa shape index (κ2) is 6.72. The Morgan fingerprint density at radius 1 is 1.11 bits per heavy atom. The number of anilines is 1. The highest BCUT2D eigenvalue weighted by Gasteiger charge is 2.23. The first-order chi connectivity index (χ1) is 9.06. The molecule has 0 aliphatic rings. The SMILES string of the molecule is CCOc1cc(C(=O)O)c(N)c(OCC)c1OCC. The highest BCUT2D eigenvalue weighted by molar-refractivity contribution is 5.97. The fraction of sp³-hybridized carbons (Fsp3) is 0.462. The minimum atomic E-state index is -1.14. The molecular weight excluding hydrogens is 250 g/mol. The molecule has 0 heterocycles. The van der Waals surface area contributed by atoms with Crippen LogP contribution in [0.4, 0.5) is 5.69 Å². The summed E-state index contributed by atoms with van der Waals surface area (Å²) >= 11 is 0. The van der Waals surface area contributed by atoms with Crippen molar-refractivity contribution < 1.29 is 24.1 Å². The minimum Gasteiger partial charge on any atom is -0.490 e. The number of hydrogen-bond donors (Lipinski definition) is 2. The summed E-state index contributed by atoms with van der Waals surface area (Å²) in [7, 11) is 0. The van der Waals surface area contributed by atoms with Crippen molar-refractivity contribution in [2.75, 3.05) is 25.6 Å². The first-order valence-electron chi connectivity index (χ1n) is 6.14. The van der Waals surface area contributed by atoms with Crippen LogP contribution in [-0.2, 0) is 0 Å². The van der Waals surface area contributed by atoms with Gasteiger partial charge in [-0.2, -0.15) is 0 Å². The van der Waals surface area contributed by atoms with E-state index in [2.05, 4.69) is 0 Å². The van der Waals surface area contributed by atoms with Crippen molar-refractivity contribution in [2.24, 2.45) is 0 Å². The molecule has 0 atom stereocenters. The number of benzene rings is 1. The second-order valence-corrected chi connectivity index (χ2v) is 3.60. The van der Waals surface area contributed by atoms with Crippen LogP contribution in [0, 0.1) is 0 Å². The number of aromatic carboxylic acids is 1. The van der Waals surface area contributed by atoms with Gasteiger partial charge in [0.2, 0.25) is 5.75 Å². The van der Waals surface area contributed by atoms with Crippen LogP contribution >= 0.6 is 0 Å². The molecule has 0 aliphatic heterocycles. The Labute approximate surface area is 112 Å². The van der Waals surface area contributed by atoms with Crippen LogP contribution in [0.2, 0.25) is 0 Å². The molecule has 19 heavy (non-hydrogen) atoms. The van der Waals surface area contributed by atoms with E-state index in [0.29, 0.717) is 31.3 Å². The smallest absolute Gasteiger partial charge is 0.338 e. The van der Waals surface area contributed by atoms with Gasteiger partial charge < -0.3 is 25.1 Å². The van der Waals surface area contributed by atoms with E-state index in [0.717, 1.165) is 0 Å². The third-order valence-corrected chi connectivity index (χ3v) is 2.35. The highest BCUT2D eigenvalue weighted by Crippen LogP contribution is 2.44. The fourth-order valence-electron chi connectivity index (χ4n) is 1.64. The standard InChI is InChI=1S/C13H19NO5/c1-4-17-9-7-8(13(15)16)10(14)12(19-6-3)11(9)18-5-2/h7H,4-6,14H2,1-3H3,(H,15,16). The molecule has 1 rings (SSSR count). The van der Waals surface area contributed by atoms with Gasteiger partial charge >= 0.3 is 5.97 Å². The average molecular weight is 269 g/mol. The van der Waals surface area contributed by atoms with Crippen molar-refractivity contribution in [1.29, 1.82) is 0 Å². The molecule has 0 aromatic heterocycles. The predicted octanol–water partition coefficient (Wildman–Crippen LogP) is 2.16. The van der Waals surface area contributed by atoms with Crippen LogP contribution in [0.15, 0.2) is 6.07 Å². The quantitative estimate of drug-likeness (QED) is 0.737. The van der Waals surface area contributed by atoms with E-state index in [1.165, 1.54) is 6.07 Å². The van der Waals surface area contributed by atoms with Gasteiger partial charge in [0.1, 0.15) is 0 Å². The molecule has 1 aromatic rings. The van der Waals surface area contributed by atoms with Crippen LogP contribution in [0.5, 0.6) is 17.2 Å². The molecule has 6 nitrogen and oxygen atoms in total. The predicted molar refractivity (Wildman–Crippen MR) is 71.3 cm³/mol. The monoisotopic (exact) mass is 269 g/mol. The summed E-state index contributed by atoms with van der Waals surface area (Å²) in [6.07, 6.45) is 0. The number of rotatable bonds is 7. The number of nitrogen functional groups attached to an aromatic ring is 1. The molecular formula is C13H19NO5. The average Bonchev–Trinajstić information content (AvgIpc) is 2.36. The maximum atomic E-state index is 11.2. The lowest BCUT2D eigenvalue weighted by molar-refractivity contribution is 0.0697. The topological polar surface area (TPSA) is 91.0 Å². The van der Waals surface area contributed by atoms with Gasteiger partial charge in [0, 0.05) is 6.07 Å². The van der Waals surface area contributed by atoms with Gasteiger partial charge in [0.25, 0.3) is 0 Å². The highest BCUT2D eigenvalue weighted by atomic mass is 16.5. The van der Waals surface area contributed by atoms with E-state index in [-0.39, 0.29) is 17.0 Å². The molecule has 0 spiro atoms. The molecule has 0 saturated carbocycles. The van der Waals surface area contributed by atoms with Gasteiger partial charge in [-0.15, -0.1) is 0 Å². The Kier molecular flexibility index (Phi) is 5.29. The van der Waals surface area contributed by atoms with Gasteiger partial charge in [-0.3, -0.25) is 0 Å². The summed E-state index contributed by atoms with van der Waals surface area (Å²) in [5, 5.41) is 9.14. The van der Waals surface area contributed by atoms with Crippen molar-refractivity contribution in [3.05, 3.63) is 11.6 Å². The number of hydrogen-bond acceptors (Lipinski definition) is 5. The summed E-state index contributed by atoms with van der Waals surface area (Å²) in [5.74, 6) is -0.261. The molecule has 3 N–H and O–H groups in total. The van der Waals surface area contributed by atoms with E-state index in [1.54, 1.807) is 13.8 Å². The molecule has 0 saturated heterocycles. The van der Waals surface area contributed by atoms with Crippen molar-refractivity contribution >= 4 is 11.7 Å². The van der Waals surface area contributed by atoms with Crippen LogP contribution in [0.25, 0.3) is 0 Å². The first kappa shape index (κ1) is 14.9. The van der Waals surface area contributed by atoms with Crippen LogP contribution in [-0.4, -0.2) is 30.9 Å². The Morgan fingerprint density at radius 2 is 1.63 bits per heavy atom. The lowest BCUT2D eigenvalue weighted by atomic mass is 10.1. The van der Waals surface area contributed by atoms with E-state index in [9.17, 15) is 4.79 Å². The number of carboxylic acids is 1. The molecule has 0 unspecified atom stereocenters. The number of nitrogens with two attached hydrogens (primary N) is 1. The number of carbonyl (C=O) groups is 1. The first-order valence-corrected chi connectivity index (χ1v) is 6.14. The van der Waals surface area contributed by atoms with Gasteiger partial charge in [-0.05, 0) is 20.8 Å². The third kappa shape index (κ3) is 3.21. The molecule has 6 heteroatoms. The van der Waals surface area contributed by atoms with Gasteiger partial charge in [0.05, 0.1) is 31.1 Å². The van der Waals surface area contributed by atoms with Gasteiger partial charge in [0.15, 0.2) is 11.5 Å². The normalized spacial score (nSPS) is 10.1. The molecule has 0 aliphatic carbocycles. The van der Waals surface area contributed by atoms with Crippen molar-refractivity contribution in [2.45, 2.75) is 20.8 Å². The Balaban J connectivity index is 3.47. The number of ether oxygens (including phenoxy) is 3. The number of carboxylic acid groups (broad SMARTS) is 1. The zero-order valence-electron chi connectivity index (χ0n) is 11.4. The molecule has 0 bridgehead atoms. The molecule has 0 amide bonds. The fourth-order valence-corrected chi connectivity index (χ4v) is 1.64. The van der Waals surface area contributed by atoms with Crippen LogP contribution in [0.3, 0.4) is 0 Å². The molecule has 1 aromatic carbocycles. The molecule has 106 valence electrons. The maximum Gasteiger partial charge on any atom is 0.338 e. The van der Waals surface area contributed by atoms with E-state index < -0.39 is 5.97 Å². The maximum absolute atomic E-state index is 11.2. The second-order valence-electron chi connectivity index (χ2n) is 3.60. The Hall–Kier alpha value is -2.11. The van der Waals surface area contributed by atoms with Crippen molar-refractivity contribution in [3.8, 4) is 17.2 Å². The minimum absolute atomic E-state index is 0.0428. The summed E-state index contributed by atoms with van der Waals surface area (Å²) in [5.41, 5.74) is 5.81. The lowest BCUT2D eigenvalue weighted by Gasteiger charge is -2.18. The van der Waals surface area contributed by atoms with E-state index in [1.807, 2.05) is 6.92 Å². The molecule has 0 radical (unpaired) electrons. The summed E-state index contributed by atoms with van der Waals surface area (Å²) in [4.78, 5) is 11.2. The Morgan fingerprint density at radius 3 is 2.11 bits per heavy atom. The lowest BCUT2D eigenvalue weighted by Crippen LogP contribution is -2.10. The largest absolute Gasteiger partial charge is 0.490 e. The zero-order valence-corrected chi connectivity index (χ0v) is 11.4. The van der Waals surface area contributed by atoms with Crippen LogP contribution < -0.4 is 19.9 Å². The molecule has 0 fully saturated rings. The zero-order chi connectivity index (χ0) is 14.4. The summed E-state index contributed by atoms with van der Waals surface area (Å²) in [6.45, 7) is 6.52. The third-order valence-electron chi connectivity index (χ3n) is 2.35. The van der Waals surface area contributed by atoms with Crippen molar-refractivity contribution in [1.82, 2.24) is 0 Å².